The zero-order chi connectivity index (χ0) is 54.7. The molecule has 1 heterocycles. The van der Waals surface area contributed by atoms with Crippen molar-refractivity contribution in [3.63, 3.8) is 0 Å². The van der Waals surface area contributed by atoms with E-state index in [1.165, 1.54) is 167 Å². The molecular formula is C64H123N3O6S2. The molecular weight excluding hydrogens is 971 g/mol. The fraction of sp³-hybridized carbons (Fsp3) is 0.938. The Kier molecular flexibility index (Phi) is 50.8. The Balaban J connectivity index is 2.74. The Morgan fingerprint density at radius 1 is 0.480 bits per heavy atom. The molecule has 75 heavy (non-hydrogen) atoms. The first kappa shape index (κ1) is 71.6. The normalized spacial score (nSPS) is 14.4. The zero-order valence-electron chi connectivity index (χ0n) is 50.3. The van der Waals surface area contributed by atoms with Gasteiger partial charge in [-0.25, -0.2) is 0 Å². The third-order valence-electron chi connectivity index (χ3n) is 16.0. The van der Waals surface area contributed by atoms with Crippen molar-refractivity contribution in [1.82, 2.24) is 15.1 Å². The summed E-state index contributed by atoms with van der Waals surface area (Å²) >= 11 is 0. The second-order valence-electron chi connectivity index (χ2n) is 23.0. The van der Waals surface area contributed by atoms with Crippen LogP contribution in [0.3, 0.4) is 0 Å². The molecule has 1 aliphatic heterocycles. The van der Waals surface area contributed by atoms with Crippen LogP contribution >= 0.6 is 21.6 Å². The van der Waals surface area contributed by atoms with Crippen LogP contribution in [0.5, 0.6) is 0 Å². The van der Waals surface area contributed by atoms with Gasteiger partial charge in [-0.05, 0) is 103 Å². The lowest BCUT2D eigenvalue weighted by Gasteiger charge is -2.33. The highest BCUT2D eigenvalue weighted by Crippen LogP contribution is 2.26. The van der Waals surface area contributed by atoms with Crippen LogP contribution in [-0.4, -0.2) is 97.5 Å². The maximum absolute atomic E-state index is 14.3. The molecule has 1 saturated heterocycles. The van der Waals surface area contributed by atoms with Gasteiger partial charge in [0.05, 0.1) is 13.2 Å². The van der Waals surface area contributed by atoms with E-state index in [2.05, 4.69) is 56.8 Å². The number of esters is 2. The standard InChI is InChI=1S/C64H123N3O6S2/c1-7-12-17-20-25-30-37-50-67(61(68)48-53-74-75-54-49-65-64(71)59-46-51-66(6)52-47-59)60(42-33-26-21-23-28-35-44-62(69)72-55-57(38-15-10-4)40-31-18-13-8-2)43-34-27-22-24-29-36-45-63(70)73-56-58(39-16-11-5)41-32-19-14-9-3/h57-60H,7-56H2,1-6H3,(H,65,71). The molecule has 0 radical (unpaired) electrons. The first-order chi connectivity index (χ1) is 36.7. The van der Waals surface area contributed by atoms with Gasteiger partial charge in [0.2, 0.25) is 11.8 Å². The lowest BCUT2D eigenvalue weighted by molar-refractivity contribution is -0.146. The van der Waals surface area contributed by atoms with Crippen molar-refractivity contribution >= 4 is 45.3 Å². The third-order valence-corrected chi connectivity index (χ3v) is 18.4. The van der Waals surface area contributed by atoms with E-state index in [4.69, 9.17) is 9.47 Å². The maximum atomic E-state index is 14.3. The SMILES string of the molecule is CCCCCCCCCN(C(=O)CCSSCCNC(=O)C1CCN(C)CC1)C(CCCCCCCCC(=O)OCC(CCCC)CCCCCC)CCCCCCCCC(=O)OCC(CCCC)CCCCCC. The lowest BCUT2D eigenvalue weighted by Crippen LogP contribution is -2.41. The van der Waals surface area contributed by atoms with Gasteiger partial charge in [0.25, 0.3) is 0 Å². The van der Waals surface area contributed by atoms with Gasteiger partial charge in [-0.2, -0.15) is 0 Å². The molecule has 2 atom stereocenters. The van der Waals surface area contributed by atoms with E-state index in [-0.39, 0.29) is 29.8 Å². The van der Waals surface area contributed by atoms with Crippen LogP contribution in [0.1, 0.15) is 304 Å². The summed E-state index contributed by atoms with van der Waals surface area (Å²) < 4.78 is 11.6. The van der Waals surface area contributed by atoms with Crippen LogP contribution in [0.15, 0.2) is 0 Å². The highest BCUT2D eigenvalue weighted by molar-refractivity contribution is 8.76. The first-order valence-corrected chi connectivity index (χ1v) is 35.0. The number of rotatable bonds is 55. The van der Waals surface area contributed by atoms with E-state index >= 15 is 0 Å². The summed E-state index contributed by atoms with van der Waals surface area (Å²) in [5.41, 5.74) is 0. The van der Waals surface area contributed by atoms with Crippen molar-refractivity contribution in [2.45, 2.75) is 310 Å². The van der Waals surface area contributed by atoms with Crippen LogP contribution in [0.25, 0.3) is 0 Å². The second kappa shape index (κ2) is 53.2. The Morgan fingerprint density at radius 2 is 0.867 bits per heavy atom. The third kappa shape index (κ3) is 43.1. The highest BCUT2D eigenvalue weighted by atomic mass is 33.1. The highest BCUT2D eigenvalue weighted by Gasteiger charge is 2.25. The number of hydrogen-bond donors (Lipinski definition) is 1. The Morgan fingerprint density at radius 3 is 1.35 bits per heavy atom. The molecule has 11 heteroatoms. The molecule has 0 saturated carbocycles. The molecule has 442 valence electrons. The lowest BCUT2D eigenvalue weighted by atomic mass is 9.96. The molecule has 1 fully saturated rings. The van der Waals surface area contributed by atoms with E-state index in [9.17, 15) is 19.2 Å². The number of nitrogens with zero attached hydrogens (tertiary/aromatic N) is 2. The number of hydrogen-bond acceptors (Lipinski definition) is 9. The average molecular weight is 1090 g/mol. The van der Waals surface area contributed by atoms with Gasteiger partial charge in [-0.3, -0.25) is 19.2 Å². The predicted octanol–water partition coefficient (Wildman–Crippen LogP) is 18.0. The molecule has 0 aromatic rings. The summed E-state index contributed by atoms with van der Waals surface area (Å²) in [4.78, 5) is 57.0. The van der Waals surface area contributed by atoms with Gasteiger partial charge >= 0.3 is 11.9 Å². The van der Waals surface area contributed by atoms with Gasteiger partial charge in [0.15, 0.2) is 0 Å². The number of carbonyl (C=O) groups excluding carboxylic acids is 4. The fourth-order valence-corrected chi connectivity index (χ4v) is 12.7. The Hall–Kier alpha value is -1.46. The average Bonchev–Trinajstić information content (AvgIpc) is 3.41. The number of ether oxygens (including phenoxy) is 2. The molecule has 2 unspecified atom stereocenters. The Bertz CT molecular complexity index is 1260. The fourth-order valence-electron chi connectivity index (χ4n) is 10.8. The monoisotopic (exact) mass is 1090 g/mol. The summed E-state index contributed by atoms with van der Waals surface area (Å²) in [5, 5.41) is 3.17. The number of unbranched alkanes of at least 4 members (excludes halogenated alkanes) is 24. The molecule has 1 rings (SSSR count). The zero-order valence-corrected chi connectivity index (χ0v) is 52.0. The molecule has 0 aromatic carbocycles. The molecule has 0 aliphatic carbocycles. The summed E-state index contributed by atoms with van der Waals surface area (Å²) in [6.07, 6.45) is 47.2. The molecule has 0 aromatic heterocycles. The largest absolute Gasteiger partial charge is 0.465 e. The maximum Gasteiger partial charge on any atom is 0.305 e. The summed E-state index contributed by atoms with van der Waals surface area (Å²) in [7, 11) is 5.68. The van der Waals surface area contributed by atoms with Crippen LogP contribution in [0.4, 0.5) is 0 Å². The molecule has 2 amide bonds. The van der Waals surface area contributed by atoms with Gasteiger partial charge in [0.1, 0.15) is 0 Å². The van der Waals surface area contributed by atoms with Gasteiger partial charge < -0.3 is 24.6 Å². The van der Waals surface area contributed by atoms with Gasteiger partial charge in [0, 0.05) is 55.8 Å². The quantitative estimate of drug-likeness (QED) is 0.0362. The van der Waals surface area contributed by atoms with Crippen LogP contribution < -0.4 is 5.32 Å². The number of likely N-dealkylation sites (tertiary alicyclic amines) is 1. The van der Waals surface area contributed by atoms with E-state index in [0.29, 0.717) is 56.8 Å². The minimum Gasteiger partial charge on any atom is -0.465 e. The molecule has 1 aliphatic rings. The molecule has 0 spiro atoms. The number of piperidine rings is 1. The van der Waals surface area contributed by atoms with E-state index in [1.54, 1.807) is 21.6 Å². The summed E-state index contributed by atoms with van der Waals surface area (Å²) in [6.45, 7) is 16.0. The van der Waals surface area contributed by atoms with E-state index in [0.717, 1.165) is 115 Å². The summed E-state index contributed by atoms with van der Waals surface area (Å²) in [5.74, 6) is 3.30. The number of amides is 2. The molecule has 9 nitrogen and oxygen atoms in total. The van der Waals surface area contributed by atoms with Crippen molar-refractivity contribution in [3.8, 4) is 0 Å². The molecule has 0 bridgehead atoms. The van der Waals surface area contributed by atoms with E-state index < -0.39 is 0 Å². The number of nitrogens with one attached hydrogen (secondary N) is 1. The van der Waals surface area contributed by atoms with Crippen LogP contribution in [0, 0.1) is 17.8 Å². The van der Waals surface area contributed by atoms with E-state index in [1.807, 2.05) is 0 Å². The van der Waals surface area contributed by atoms with Crippen molar-refractivity contribution < 1.29 is 28.7 Å². The van der Waals surface area contributed by atoms with Crippen molar-refractivity contribution in [3.05, 3.63) is 0 Å². The van der Waals surface area contributed by atoms with Crippen molar-refractivity contribution in [2.75, 3.05) is 57.9 Å². The second-order valence-corrected chi connectivity index (χ2v) is 25.7. The van der Waals surface area contributed by atoms with Crippen molar-refractivity contribution in [2.24, 2.45) is 17.8 Å². The number of carbonyl (C=O) groups is 4. The predicted molar refractivity (Wildman–Crippen MR) is 326 cm³/mol. The summed E-state index contributed by atoms with van der Waals surface area (Å²) in [6, 6.07) is 0.273. The topological polar surface area (TPSA) is 105 Å². The Labute approximate surface area is 472 Å². The molecule has 1 N–H and O–H groups in total. The van der Waals surface area contributed by atoms with Gasteiger partial charge in [-0.1, -0.05) is 236 Å². The smallest absolute Gasteiger partial charge is 0.305 e. The minimum atomic E-state index is -0.0166. The van der Waals surface area contributed by atoms with Gasteiger partial charge in [-0.15, -0.1) is 0 Å². The van der Waals surface area contributed by atoms with Crippen molar-refractivity contribution in [1.29, 1.82) is 0 Å². The van der Waals surface area contributed by atoms with Crippen LogP contribution in [-0.2, 0) is 28.7 Å². The van der Waals surface area contributed by atoms with Crippen LogP contribution in [0.2, 0.25) is 0 Å². The minimum absolute atomic E-state index is 0.0166. The first-order valence-electron chi connectivity index (χ1n) is 32.5.